The van der Waals surface area contributed by atoms with Crippen molar-refractivity contribution in [2.45, 2.75) is 13.8 Å². The highest BCUT2D eigenvalue weighted by molar-refractivity contribution is 9.10. The smallest absolute Gasteiger partial charge is 0.160 e. The van der Waals surface area contributed by atoms with Gasteiger partial charge in [0.2, 0.25) is 0 Å². The first-order chi connectivity index (χ1) is 5.54. The zero-order valence-electron chi connectivity index (χ0n) is 6.82. The van der Waals surface area contributed by atoms with E-state index in [4.69, 9.17) is 0 Å². The van der Waals surface area contributed by atoms with Gasteiger partial charge in [0, 0.05) is 5.56 Å². The van der Waals surface area contributed by atoms with Gasteiger partial charge >= 0.3 is 0 Å². The highest BCUT2D eigenvalue weighted by Crippen LogP contribution is 2.23. The van der Waals surface area contributed by atoms with Crippen molar-refractivity contribution in [1.29, 1.82) is 0 Å². The predicted octanol–water partition coefficient (Wildman–Crippen LogP) is 3.10. The molecule has 1 aromatic carbocycles. The van der Waals surface area contributed by atoms with Crippen LogP contribution in [0.3, 0.4) is 0 Å². The van der Waals surface area contributed by atoms with Gasteiger partial charge in [-0.25, -0.2) is 4.39 Å². The fourth-order valence-electron chi connectivity index (χ4n) is 1.03. The molecule has 0 fully saturated rings. The van der Waals surface area contributed by atoms with Gasteiger partial charge in [0.05, 0.1) is 4.47 Å². The fraction of sp³-hybridized carbons (Fsp3) is 0.222. The van der Waals surface area contributed by atoms with E-state index in [2.05, 4.69) is 15.9 Å². The average molecular weight is 231 g/mol. The molecule has 0 bridgehead atoms. The molecule has 0 aliphatic heterocycles. The first-order valence-electron chi connectivity index (χ1n) is 3.49. The second kappa shape index (κ2) is 3.35. The minimum atomic E-state index is -0.336. The van der Waals surface area contributed by atoms with Crippen LogP contribution in [-0.4, -0.2) is 5.78 Å². The Bertz CT molecular complexity index is 334. The molecular weight excluding hydrogens is 223 g/mol. The molecule has 1 rings (SSSR count). The summed E-state index contributed by atoms with van der Waals surface area (Å²) in [4.78, 5) is 11.0. The standard InChI is InChI=1S/C9H8BrFO/c1-5-7(6(2)12)3-4-8(11)9(5)10/h3-4H,1-2H3. The Morgan fingerprint density at radius 1 is 1.50 bits per heavy atom. The van der Waals surface area contributed by atoms with Crippen LogP contribution in [0.1, 0.15) is 22.8 Å². The molecule has 3 heteroatoms. The lowest BCUT2D eigenvalue weighted by atomic mass is 10.1. The van der Waals surface area contributed by atoms with Crippen LogP contribution in [0.15, 0.2) is 16.6 Å². The molecule has 0 amide bonds. The Morgan fingerprint density at radius 2 is 2.08 bits per heavy atom. The maximum absolute atomic E-state index is 12.9. The normalized spacial score (nSPS) is 10.0. The first kappa shape index (κ1) is 9.39. The second-order valence-corrected chi connectivity index (χ2v) is 3.38. The maximum atomic E-state index is 12.9. The van der Waals surface area contributed by atoms with Crippen LogP contribution >= 0.6 is 15.9 Å². The molecule has 0 saturated carbocycles. The van der Waals surface area contributed by atoms with Gasteiger partial charge in [-0.05, 0) is 47.5 Å². The van der Waals surface area contributed by atoms with Crippen molar-refractivity contribution in [2.24, 2.45) is 0 Å². The van der Waals surface area contributed by atoms with Gasteiger partial charge in [0.25, 0.3) is 0 Å². The van der Waals surface area contributed by atoms with Gasteiger partial charge < -0.3 is 0 Å². The predicted molar refractivity (Wildman–Crippen MR) is 48.8 cm³/mol. The summed E-state index contributed by atoms with van der Waals surface area (Å²) < 4.78 is 13.2. The number of benzene rings is 1. The molecule has 0 radical (unpaired) electrons. The largest absolute Gasteiger partial charge is 0.295 e. The highest BCUT2D eigenvalue weighted by Gasteiger charge is 2.09. The Labute approximate surface area is 78.7 Å². The molecule has 64 valence electrons. The van der Waals surface area contributed by atoms with Crippen molar-refractivity contribution in [3.63, 3.8) is 0 Å². The van der Waals surface area contributed by atoms with Crippen LogP contribution in [-0.2, 0) is 0 Å². The van der Waals surface area contributed by atoms with E-state index in [0.717, 1.165) is 0 Å². The third-order valence-electron chi connectivity index (χ3n) is 1.72. The summed E-state index contributed by atoms with van der Waals surface area (Å²) in [7, 11) is 0. The second-order valence-electron chi connectivity index (χ2n) is 2.59. The molecule has 0 unspecified atom stereocenters. The van der Waals surface area contributed by atoms with Crippen molar-refractivity contribution in [1.82, 2.24) is 0 Å². The Balaban J connectivity index is 3.36. The van der Waals surface area contributed by atoms with E-state index in [0.29, 0.717) is 15.6 Å². The lowest BCUT2D eigenvalue weighted by Crippen LogP contribution is -1.97. The quantitative estimate of drug-likeness (QED) is 0.678. The van der Waals surface area contributed by atoms with Crippen LogP contribution in [0.2, 0.25) is 0 Å². The minimum absolute atomic E-state index is 0.0480. The molecule has 0 aliphatic rings. The molecular formula is C9H8BrFO. The summed E-state index contributed by atoms with van der Waals surface area (Å²) in [5.74, 6) is -0.384. The zero-order valence-corrected chi connectivity index (χ0v) is 8.40. The number of hydrogen-bond donors (Lipinski definition) is 0. The van der Waals surface area contributed by atoms with Gasteiger partial charge in [0.1, 0.15) is 5.82 Å². The fourth-order valence-corrected chi connectivity index (χ4v) is 1.38. The van der Waals surface area contributed by atoms with Gasteiger partial charge in [0.15, 0.2) is 5.78 Å². The Kier molecular flexibility index (Phi) is 2.62. The van der Waals surface area contributed by atoms with Crippen LogP contribution in [0.5, 0.6) is 0 Å². The van der Waals surface area contributed by atoms with Gasteiger partial charge in [-0.2, -0.15) is 0 Å². The molecule has 0 atom stereocenters. The molecule has 12 heavy (non-hydrogen) atoms. The monoisotopic (exact) mass is 230 g/mol. The van der Waals surface area contributed by atoms with Crippen molar-refractivity contribution in [2.75, 3.05) is 0 Å². The van der Waals surface area contributed by atoms with E-state index in [1.54, 1.807) is 6.92 Å². The van der Waals surface area contributed by atoms with E-state index in [1.807, 2.05) is 0 Å². The third kappa shape index (κ3) is 1.55. The number of rotatable bonds is 1. The molecule has 0 aliphatic carbocycles. The number of Topliss-reactive ketones (excluding diaryl/α,β-unsaturated/α-hetero) is 1. The summed E-state index contributed by atoms with van der Waals surface area (Å²) in [5, 5.41) is 0. The van der Waals surface area contributed by atoms with Crippen molar-refractivity contribution in [3.8, 4) is 0 Å². The van der Waals surface area contributed by atoms with Crippen LogP contribution in [0.25, 0.3) is 0 Å². The summed E-state index contributed by atoms with van der Waals surface area (Å²) in [6, 6.07) is 2.78. The van der Waals surface area contributed by atoms with Gasteiger partial charge in [-0.1, -0.05) is 0 Å². The zero-order chi connectivity index (χ0) is 9.30. The van der Waals surface area contributed by atoms with Crippen molar-refractivity contribution in [3.05, 3.63) is 33.5 Å². The minimum Gasteiger partial charge on any atom is -0.295 e. The van der Waals surface area contributed by atoms with Crippen LogP contribution < -0.4 is 0 Å². The average Bonchev–Trinajstić information content (AvgIpc) is 2.00. The summed E-state index contributed by atoms with van der Waals surface area (Å²) in [6.07, 6.45) is 0. The van der Waals surface area contributed by atoms with E-state index < -0.39 is 0 Å². The summed E-state index contributed by atoms with van der Waals surface area (Å²) >= 11 is 3.07. The first-order valence-corrected chi connectivity index (χ1v) is 4.29. The number of hydrogen-bond acceptors (Lipinski definition) is 1. The molecule has 0 N–H and O–H groups in total. The maximum Gasteiger partial charge on any atom is 0.160 e. The van der Waals surface area contributed by atoms with Crippen molar-refractivity contribution < 1.29 is 9.18 Å². The van der Waals surface area contributed by atoms with Gasteiger partial charge in [-0.15, -0.1) is 0 Å². The lowest BCUT2D eigenvalue weighted by molar-refractivity contribution is 0.101. The Hall–Kier alpha value is -0.700. The molecule has 0 saturated heterocycles. The molecule has 1 nitrogen and oxygen atoms in total. The summed E-state index contributed by atoms with van der Waals surface area (Å²) in [5.41, 5.74) is 1.21. The highest BCUT2D eigenvalue weighted by atomic mass is 79.9. The number of halogens is 2. The number of ketones is 1. The molecule has 0 aromatic heterocycles. The van der Waals surface area contributed by atoms with E-state index in [9.17, 15) is 9.18 Å². The Morgan fingerprint density at radius 3 is 2.58 bits per heavy atom. The van der Waals surface area contributed by atoms with Crippen molar-refractivity contribution >= 4 is 21.7 Å². The van der Waals surface area contributed by atoms with Crippen LogP contribution in [0.4, 0.5) is 4.39 Å². The van der Waals surface area contributed by atoms with E-state index >= 15 is 0 Å². The van der Waals surface area contributed by atoms with E-state index in [-0.39, 0.29) is 11.6 Å². The summed E-state index contributed by atoms with van der Waals surface area (Å²) in [6.45, 7) is 3.18. The van der Waals surface area contributed by atoms with Crippen LogP contribution in [0, 0.1) is 12.7 Å². The number of carbonyl (C=O) groups excluding carboxylic acids is 1. The molecule has 1 aromatic rings. The number of carbonyl (C=O) groups is 1. The third-order valence-corrected chi connectivity index (χ3v) is 2.69. The molecule has 0 heterocycles. The van der Waals surface area contributed by atoms with E-state index in [1.165, 1.54) is 19.1 Å². The topological polar surface area (TPSA) is 17.1 Å². The SMILES string of the molecule is CC(=O)c1ccc(F)c(Br)c1C. The molecule has 0 spiro atoms. The lowest BCUT2D eigenvalue weighted by Gasteiger charge is -2.04. The van der Waals surface area contributed by atoms with Gasteiger partial charge in [-0.3, -0.25) is 4.79 Å².